The molecule has 1 saturated heterocycles. The third-order valence-electron chi connectivity index (χ3n) is 2.95. The van der Waals surface area contributed by atoms with E-state index in [1.54, 1.807) is 12.1 Å². The zero-order chi connectivity index (χ0) is 12.4. The second-order valence-electron chi connectivity index (χ2n) is 4.40. The van der Waals surface area contributed by atoms with E-state index in [9.17, 15) is 9.18 Å². The molecule has 2 unspecified atom stereocenters. The van der Waals surface area contributed by atoms with Crippen LogP contribution in [0.3, 0.4) is 0 Å². The molecule has 2 atom stereocenters. The van der Waals surface area contributed by atoms with Crippen LogP contribution in [0.4, 0.5) is 4.39 Å². The molecule has 1 aromatic carbocycles. The molecule has 0 N–H and O–H groups in total. The minimum Gasteiger partial charge on any atom is -0.367 e. The predicted octanol–water partition coefficient (Wildman–Crippen LogP) is 3.27. The molecule has 0 aromatic heterocycles. The third-order valence-corrected chi connectivity index (χ3v) is 3.56. The highest BCUT2D eigenvalue weighted by Crippen LogP contribution is 2.22. The molecule has 17 heavy (non-hydrogen) atoms. The zero-order valence-electron chi connectivity index (χ0n) is 9.58. The molecule has 92 valence electrons. The van der Waals surface area contributed by atoms with E-state index >= 15 is 0 Å². The van der Waals surface area contributed by atoms with Gasteiger partial charge in [0, 0.05) is 6.42 Å². The van der Waals surface area contributed by atoms with Gasteiger partial charge in [0.25, 0.3) is 0 Å². The van der Waals surface area contributed by atoms with E-state index in [-0.39, 0.29) is 23.8 Å². The van der Waals surface area contributed by atoms with Crippen LogP contribution in [0, 0.1) is 5.82 Å². The molecule has 2 rings (SSSR count). The maximum atomic E-state index is 13.0. The number of benzene rings is 1. The SMILES string of the molecule is CC1CCC(C(=O)Cc2ccc(F)c(Br)c2)O1. The summed E-state index contributed by atoms with van der Waals surface area (Å²) < 4.78 is 18.9. The largest absolute Gasteiger partial charge is 0.367 e. The van der Waals surface area contributed by atoms with Gasteiger partial charge in [-0.2, -0.15) is 0 Å². The second kappa shape index (κ2) is 5.27. The Hall–Kier alpha value is -0.740. The van der Waals surface area contributed by atoms with Gasteiger partial charge in [-0.05, 0) is 53.4 Å². The van der Waals surface area contributed by atoms with Crippen molar-refractivity contribution in [2.24, 2.45) is 0 Å². The summed E-state index contributed by atoms with van der Waals surface area (Å²) in [5.74, 6) is -0.236. The average Bonchev–Trinajstić information content (AvgIpc) is 2.70. The highest BCUT2D eigenvalue weighted by molar-refractivity contribution is 9.10. The summed E-state index contributed by atoms with van der Waals surface area (Å²) in [6.07, 6.45) is 1.92. The van der Waals surface area contributed by atoms with Crippen LogP contribution in [0.2, 0.25) is 0 Å². The van der Waals surface area contributed by atoms with Crippen molar-refractivity contribution < 1.29 is 13.9 Å². The molecule has 0 radical (unpaired) electrons. The first kappa shape index (κ1) is 12.7. The van der Waals surface area contributed by atoms with Crippen LogP contribution in [-0.4, -0.2) is 18.0 Å². The molecule has 1 fully saturated rings. The minimum absolute atomic E-state index is 0.0767. The molecule has 0 bridgehead atoms. The van der Waals surface area contributed by atoms with E-state index in [4.69, 9.17) is 4.74 Å². The van der Waals surface area contributed by atoms with Crippen molar-refractivity contribution >= 4 is 21.7 Å². The minimum atomic E-state index is -0.313. The van der Waals surface area contributed by atoms with Gasteiger partial charge >= 0.3 is 0 Å². The standard InChI is InChI=1S/C13H14BrFO2/c1-8-2-5-13(17-8)12(16)7-9-3-4-11(15)10(14)6-9/h3-4,6,8,13H,2,5,7H2,1H3. The smallest absolute Gasteiger partial charge is 0.165 e. The topological polar surface area (TPSA) is 26.3 Å². The maximum Gasteiger partial charge on any atom is 0.165 e. The molecular weight excluding hydrogens is 287 g/mol. The lowest BCUT2D eigenvalue weighted by Crippen LogP contribution is -2.22. The number of carbonyl (C=O) groups is 1. The fraction of sp³-hybridized carbons (Fsp3) is 0.462. The van der Waals surface area contributed by atoms with Gasteiger partial charge in [-0.1, -0.05) is 6.07 Å². The lowest BCUT2D eigenvalue weighted by Gasteiger charge is -2.10. The van der Waals surface area contributed by atoms with E-state index in [0.29, 0.717) is 10.9 Å². The quantitative estimate of drug-likeness (QED) is 0.856. The van der Waals surface area contributed by atoms with Gasteiger partial charge < -0.3 is 4.74 Å². The molecule has 1 aliphatic heterocycles. The van der Waals surface area contributed by atoms with Crippen LogP contribution in [0.1, 0.15) is 25.3 Å². The van der Waals surface area contributed by atoms with E-state index in [1.807, 2.05) is 6.92 Å². The summed E-state index contributed by atoms with van der Waals surface area (Å²) >= 11 is 3.11. The Morgan fingerprint density at radius 1 is 1.53 bits per heavy atom. The molecular formula is C13H14BrFO2. The Bertz CT molecular complexity index is 433. The van der Waals surface area contributed by atoms with Gasteiger partial charge in [-0.15, -0.1) is 0 Å². The van der Waals surface area contributed by atoms with Crippen LogP contribution in [0.5, 0.6) is 0 Å². The normalized spacial score (nSPS) is 23.9. The lowest BCUT2D eigenvalue weighted by atomic mass is 10.0. The number of hydrogen-bond donors (Lipinski definition) is 0. The molecule has 0 saturated carbocycles. The van der Waals surface area contributed by atoms with Gasteiger partial charge in [0.1, 0.15) is 11.9 Å². The van der Waals surface area contributed by atoms with E-state index < -0.39 is 0 Å². The average molecular weight is 301 g/mol. The number of rotatable bonds is 3. The van der Waals surface area contributed by atoms with Crippen LogP contribution in [0.25, 0.3) is 0 Å². The summed E-state index contributed by atoms with van der Waals surface area (Å²) in [5.41, 5.74) is 0.812. The molecule has 0 aliphatic carbocycles. The first-order valence-electron chi connectivity index (χ1n) is 5.68. The van der Waals surface area contributed by atoms with Crippen LogP contribution < -0.4 is 0 Å². The van der Waals surface area contributed by atoms with Gasteiger partial charge in [0.2, 0.25) is 0 Å². The van der Waals surface area contributed by atoms with Gasteiger partial charge in [-0.25, -0.2) is 4.39 Å². The molecule has 2 nitrogen and oxygen atoms in total. The monoisotopic (exact) mass is 300 g/mol. The summed E-state index contributed by atoms with van der Waals surface area (Å²) in [6.45, 7) is 1.97. The summed E-state index contributed by atoms with van der Waals surface area (Å²) in [6, 6.07) is 4.65. The maximum absolute atomic E-state index is 13.0. The van der Waals surface area contributed by atoms with Gasteiger partial charge in [0.15, 0.2) is 5.78 Å². The summed E-state index contributed by atoms with van der Waals surface area (Å²) in [4.78, 5) is 11.9. The van der Waals surface area contributed by atoms with Crippen molar-refractivity contribution in [1.29, 1.82) is 0 Å². The molecule has 4 heteroatoms. The van der Waals surface area contributed by atoms with Crippen molar-refractivity contribution in [3.8, 4) is 0 Å². The highest BCUT2D eigenvalue weighted by Gasteiger charge is 2.27. The Morgan fingerprint density at radius 3 is 2.88 bits per heavy atom. The van der Waals surface area contributed by atoms with Crippen LogP contribution in [0.15, 0.2) is 22.7 Å². The van der Waals surface area contributed by atoms with E-state index in [1.165, 1.54) is 6.07 Å². The molecule has 0 spiro atoms. The fourth-order valence-electron chi connectivity index (χ4n) is 2.00. The molecule has 1 aromatic rings. The zero-order valence-corrected chi connectivity index (χ0v) is 11.2. The number of halogens is 2. The van der Waals surface area contributed by atoms with Gasteiger partial charge in [-0.3, -0.25) is 4.79 Å². The fourth-order valence-corrected chi connectivity index (χ4v) is 2.43. The second-order valence-corrected chi connectivity index (χ2v) is 5.26. The Kier molecular flexibility index (Phi) is 3.94. The molecule has 1 aliphatic rings. The van der Waals surface area contributed by atoms with Crippen molar-refractivity contribution in [3.63, 3.8) is 0 Å². The highest BCUT2D eigenvalue weighted by atomic mass is 79.9. The number of hydrogen-bond acceptors (Lipinski definition) is 2. The van der Waals surface area contributed by atoms with Crippen LogP contribution >= 0.6 is 15.9 Å². The number of ether oxygens (including phenoxy) is 1. The number of ketones is 1. The van der Waals surface area contributed by atoms with Crippen molar-refractivity contribution in [2.75, 3.05) is 0 Å². The molecule has 1 heterocycles. The predicted molar refractivity (Wildman–Crippen MR) is 66.4 cm³/mol. The van der Waals surface area contributed by atoms with E-state index in [2.05, 4.69) is 15.9 Å². The van der Waals surface area contributed by atoms with E-state index in [0.717, 1.165) is 18.4 Å². The Labute approximate surface area is 108 Å². The number of Topliss-reactive ketones (excluding diaryl/α,β-unsaturated/α-hetero) is 1. The van der Waals surface area contributed by atoms with Gasteiger partial charge in [0.05, 0.1) is 10.6 Å². The molecule has 0 amide bonds. The summed E-state index contributed by atoms with van der Waals surface area (Å²) in [5, 5.41) is 0. The first-order valence-corrected chi connectivity index (χ1v) is 6.47. The van der Waals surface area contributed by atoms with Crippen molar-refractivity contribution in [3.05, 3.63) is 34.1 Å². The Balaban J connectivity index is 2.00. The summed E-state index contributed by atoms with van der Waals surface area (Å²) in [7, 11) is 0. The first-order chi connectivity index (χ1) is 8.06. The van der Waals surface area contributed by atoms with Crippen molar-refractivity contribution in [1.82, 2.24) is 0 Å². The number of carbonyl (C=O) groups excluding carboxylic acids is 1. The lowest BCUT2D eigenvalue weighted by molar-refractivity contribution is -0.128. The van der Waals surface area contributed by atoms with Crippen LogP contribution in [-0.2, 0) is 16.0 Å². The Morgan fingerprint density at radius 2 is 2.29 bits per heavy atom. The third kappa shape index (κ3) is 3.13. The van der Waals surface area contributed by atoms with Crippen molar-refractivity contribution in [2.45, 2.75) is 38.4 Å².